The summed E-state index contributed by atoms with van der Waals surface area (Å²) in [5.41, 5.74) is 1.26. The van der Waals surface area contributed by atoms with E-state index in [1.807, 2.05) is 12.1 Å². The zero-order valence-electron chi connectivity index (χ0n) is 21.5. The number of aromatic nitrogens is 2. The highest BCUT2D eigenvalue weighted by Crippen LogP contribution is 2.26. The van der Waals surface area contributed by atoms with Gasteiger partial charge in [0.25, 0.3) is 5.22 Å². The largest absolute Gasteiger partial charge is 0.494 e. The van der Waals surface area contributed by atoms with Crippen LogP contribution in [0, 0.1) is 0 Å². The SMILES string of the molecule is CCCCCCCCCCOc1ccc(C(=O)Oc2ccc(-c3nnc(SCCCC)o3)cc2)cc1. The molecule has 0 aliphatic rings. The van der Waals surface area contributed by atoms with Crippen LogP contribution in [0.15, 0.2) is 58.2 Å². The second kappa shape index (κ2) is 16.0. The van der Waals surface area contributed by atoms with Gasteiger partial charge in [0.15, 0.2) is 0 Å². The lowest BCUT2D eigenvalue weighted by molar-refractivity contribution is 0.0734. The highest BCUT2D eigenvalue weighted by atomic mass is 32.2. The Kier molecular flexibility index (Phi) is 12.4. The van der Waals surface area contributed by atoms with Gasteiger partial charge in [0.05, 0.1) is 12.2 Å². The average molecular weight is 511 g/mol. The number of esters is 1. The number of hydrogen-bond donors (Lipinski definition) is 0. The molecule has 6 nitrogen and oxygen atoms in total. The maximum absolute atomic E-state index is 12.5. The minimum Gasteiger partial charge on any atom is -0.494 e. The van der Waals surface area contributed by atoms with Crippen LogP contribution in [0.5, 0.6) is 11.5 Å². The third kappa shape index (κ3) is 9.69. The number of nitrogens with zero attached hydrogens (tertiary/aromatic N) is 2. The van der Waals surface area contributed by atoms with Crippen molar-refractivity contribution in [2.75, 3.05) is 12.4 Å². The normalized spacial score (nSPS) is 10.9. The number of carbonyl (C=O) groups excluding carboxylic acids is 1. The third-order valence-electron chi connectivity index (χ3n) is 5.80. The van der Waals surface area contributed by atoms with Crippen LogP contribution in [0.3, 0.4) is 0 Å². The van der Waals surface area contributed by atoms with Crippen LogP contribution in [0.4, 0.5) is 0 Å². The van der Waals surface area contributed by atoms with Crippen molar-refractivity contribution < 1.29 is 18.7 Å². The highest BCUT2D eigenvalue weighted by Gasteiger charge is 2.12. The standard InChI is InChI=1S/C29H38N2O4S/c1-3-5-7-8-9-10-11-12-21-33-25-17-15-24(16-18-25)28(32)34-26-19-13-23(14-20-26)27-30-31-29(35-27)36-22-6-4-2/h13-20H,3-12,21-22H2,1-2H3. The van der Waals surface area contributed by atoms with Crippen LogP contribution in [0.1, 0.15) is 88.4 Å². The van der Waals surface area contributed by atoms with Crippen LogP contribution in [-0.2, 0) is 0 Å². The summed E-state index contributed by atoms with van der Waals surface area (Å²) in [6.45, 7) is 5.09. The van der Waals surface area contributed by atoms with Gasteiger partial charge in [-0.2, -0.15) is 0 Å². The molecular formula is C29H38N2O4S. The molecule has 7 heteroatoms. The first kappa shape index (κ1) is 27.8. The van der Waals surface area contributed by atoms with E-state index >= 15 is 0 Å². The van der Waals surface area contributed by atoms with Gasteiger partial charge in [-0.25, -0.2) is 4.79 Å². The Labute approximate surface area is 219 Å². The van der Waals surface area contributed by atoms with Gasteiger partial charge in [-0.15, -0.1) is 10.2 Å². The molecule has 0 amide bonds. The molecule has 0 radical (unpaired) electrons. The van der Waals surface area contributed by atoms with E-state index in [1.54, 1.807) is 48.2 Å². The van der Waals surface area contributed by atoms with E-state index in [-0.39, 0.29) is 0 Å². The molecule has 36 heavy (non-hydrogen) atoms. The fourth-order valence-corrected chi connectivity index (χ4v) is 4.48. The molecule has 2 aromatic carbocycles. The highest BCUT2D eigenvalue weighted by molar-refractivity contribution is 7.99. The molecule has 3 aromatic rings. The van der Waals surface area contributed by atoms with Crippen LogP contribution in [0.25, 0.3) is 11.5 Å². The van der Waals surface area contributed by atoms with Crippen LogP contribution in [0.2, 0.25) is 0 Å². The maximum Gasteiger partial charge on any atom is 0.343 e. The molecule has 0 bridgehead atoms. The summed E-state index contributed by atoms with van der Waals surface area (Å²) in [4.78, 5) is 12.5. The number of ether oxygens (including phenoxy) is 2. The number of hydrogen-bond acceptors (Lipinski definition) is 7. The summed E-state index contributed by atoms with van der Waals surface area (Å²) in [5, 5.41) is 8.75. The fourth-order valence-electron chi connectivity index (χ4n) is 3.63. The Hall–Kier alpha value is -2.80. The van der Waals surface area contributed by atoms with Crippen LogP contribution < -0.4 is 9.47 Å². The molecule has 0 saturated heterocycles. The third-order valence-corrected chi connectivity index (χ3v) is 6.70. The molecule has 0 spiro atoms. The molecule has 0 aliphatic carbocycles. The smallest absolute Gasteiger partial charge is 0.343 e. The predicted molar refractivity (Wildman–Crippen MR) is 145 cm³/mol. The first-order valence-electron chi connectivity index (χ1n) is 13.2. The van der Waals surface area contributed by atoms with Crippen molar-refractivity contribution in [3.63, 3.8) is 0 Å². The number of rotatable bonds is 17. The van der Waals surface area contributed by atoms with Crippen molar-refractivity contribution in [2.24, 2.45) is 0 Å². The van der Waals surface area contributed by atoms with Gasteiger partial charge in [0.2, 0.25) is 5.89 Å². The Morgan fingerprint density at radius 3 is 2.11 bits per heavy atom. The molecule has 0 aliphatic heterocycles. The van der Waals surface area contributed by atoms with Crippen molar-refractivity contribution in [3.8, 4) is 23.0 Å². The lowest BCUT2D eigenvalue weighted by atomic mass is 10.1. The van der Waals surface area contributed by atoms with E-state index in [9.17, 15) is 4.79 Å². The van der Waals surface area contributed by atoms with Crippen molar-refractivity contribution in [1.82, 2.24) is 10.2 Å². The zero-order chi connectivity index (χ0) is 25.4. The quantitative estimate of drug-likeness (QED) is 0.0781. The number of thioether (sulfide) groups is 1. The summed E-state index contributed by atoms with van der Waals surface area (Å²) < 4.78 is 17.0. The molecule has 0 N–H and O–H groups in total. The van der Waals surface area contributed by atoms with Crippen molar-refractivity contribution >= 4 is 17.7 Å². The molecule has 1 heterocycles. The van der Waals surface area contributed by atoms with E-state index in [0.29, 0.717) is 29.0 Å². The second-order valence-corrected chi connectivity index (χ2v) is 9.88. The molecule has 0 atom stereocenters. The minimum absolute atomic E-state index is 0.412. The van der Waals surface area contributed by atoms with Crippen LogP contribution >= 0.6 is 11.8 Å². The van der Waals surface area contributed by atoms with Crippen molar-refractivity contribution in [2.45, 2.75) is 83.3 Å². The van der Waals surface area contributed by atoms with Crippen molar-refractivity contribution in [1.29, 1.82) is 0 Å². The van der Waals surface area contributed by atoms with Gasteiger partial charge in [-0.05, 0) is 61.4 Å². The van der Waals surface area contributed by atoms with Crippen LogP contribution in [-0.4, -0.2) is 28.5 Å². The number of benzene rings is 2. The van der Waals surface area contributed by atoms with Gasteiger partial charge in [-0.3, -0.25) is 0 Å². The lowest BCUT2D eigenvalue weighted by Gasteiger charge is -2.08. The van der Waals surface area contributed by atoms with Gasteiger partial charge < -0.3 is 13.9 Å². The van der Waals surface area contributed by atoms with E-state index in [2.05, 4.69) is 24.0 Å². The maximum atomic E-state index is 12.5. The first-order valence-corrected chi connectivity index (χ1v) is 14.2. The summed E-state index contributed by atoms with van der Waals surface area (Å²) in [6.07, 6.45) is 12.4. The summed E-state index contributed by atoms with van der Waals surface area (Å²) in [6, 6.07) is 14.2. The van der Waals surface area contributed by atoms with Gasteiger partial charge in [-0.1, -0.05) is 77.0 Å². The van der Waals surface area contributed by atoms with E-state index < -0.39 is 5.97 Å². The molecule has 1 aromatic heterocycles. The predicted octanol–water partition coefficient (Wildman–Crippen LogP) is 8.37. The zero-order valence-corrected chi connectivity index (χ0v) is 22.4. The minimum atomic E-state index is -0.412. The topological polar surface area (TPSA) is 74.5 Å². The summed E-state index contributed by atoms with van der Waals surface area (Å²) in [7, 11) is 0. The molecule has 0 fully saturated rings. The molecule has 3 rings (SSSR count). The molecule has 0 unspecified atom stereocenters. The Morgan fingerprint density at radius 1 is 0.778 bits per heavy atom. The van der Waals surface area contributed by atoms with E-state index in [1.165, 1.54) is 44.9 Å². The van der Waals surface area contributed by atoms with Crippen molar-refractivity contribution in [3.05, 3.63) is 54.1 Å². The molecule has 194 valence electrons. The number of carbonyl (C=O) groups is 1. The lowest BCUT2D eigenvalue weighted by Crippen LogP contribution is -2.08. The van der Waals surface area contributed by atoms with Gasteiger partial charge in [0, 0.05) is 11.3 Å². The summed E-state index contributed by atoms with van der Waals surface area (Å²) in [5.74, 6) is 2.22. The number of unbranched alkanes of at least 4 members (excludes halogenated alkanes) is 8. The van der Waals surface area contributed by atoms with E-state index in [4.69, 9.17) is 13.9 Å². The second-order valence-electron chi connectivity index (χ2n) is 8.84. The van der Waals surface area contributed by atoms with E-state index in [0.717, 1.165) is 36.3 Å². The Balaban J connectivity index is 1.39. The molecular weight excluding hydrogens is 472 g/mol. The fraction of sp³-hybridized carbons (Fsp3) is 0.483. The monoisotopic (exact) mass is 510 g/mol. The Bertz CT molecular complexity index is 1020. The molecule has 0 saturated carbocycles. The van der Waals surface area contributed by atoms with Gasteiger partial charge in [0.1, 0.15) is 11.5 Å². The average Bonchev–Trinajstić information content (AvgIpc) is 3.37. The first-order chi connectivity index (χ1) is 17.7. The Morgan fingerprint density at radius 2 is 1.42 bits per heavy atom. The van der Waals surface area contributed by atoms with Gasteiger partial charge >= 0.3 is 5.97 Å². The summed E-state index contributed by atoms with van der Waals surface area (Å²) >= 11 is 1.56.